The van der Waals surface area contributed by atoms with E-state index in [9.17, 15) is 14.4 Å². The predicted octanol–water partition coefficient (Wildman–Crippen LogP) is 4.85. The van der Waals surface area contributed by atoms with Gasteiger partial charge in [-0.25, -0.2) is 0 Å². The lowest BCUT2D eigenvalue weighted by Gasteiger charge is -2.16. The Morgan fingerprint density at radius 3 is 2.18 bits per heavy atom. The molecular formula is C27H29N3O3. The molecule has 2 N–H and O–H groups in total. The fourth-order valence-electron chi connectivity index (χ4n) is 4.29. The number of aromatic nitrogens is 1. The zero-order chi connectivity index (χ0) is 23.2. The van der Waals surface area contributed by atoms with Gasteiger partial charge in [0.15, 0.2) is 0 Å². The van der Waals surface area contributed by atoms with Gasteiger partial charge in [0.2, 0.25) is 0 Å². The summed E-state index contributed by atoms with van der Waals surface area (Å²) in [4.78, 5) is 38.4. The fourth-order valence-corrected chi connectivity index (χ4v) is 4.29. The van der Waals surface area contributed by atoms with Crippen LogP contribution in [0.1, 0.15) is 64.8 Å². The summed E-state index contributed by atoms with van der Waals surface area (Å²) in [7, 11) is 0. The molecule has 0 saturated heterocycles. The largest absolute Gasteiger partial charge is 0.349 e. The quantitative estimate of drug-likeness (QED) is 0.553. The van der Waals surface area contributed by atoms with Crippen molar-refractivity contribution in [1.82, 2.24) is 9.88 Å². The number of nitrogens with zero attached hydrogens (tertiary/aromatic N) is 1. The van der Waals surface area contributed by atoms with Crippen molar-refractivity contribution in [3.8, 4) is 5.69 Å². The molecule has 1 aromatic heterocycles. The fraction of sp³-hybridized carbons (Fsp3) is 0.296. The highest BCUT2D eigenvalue weighted by Crippen LogP contribution is 2.18. The van der Waals surface area contributed by atoms with Gasteiger partial charge in [0.1, 0.15) is 5.56 Å². The van der Waals surface area contributed by atoms with Gasteiger partial charge in [0.25, 0.3) is 17.4 Å². The molecule has 1 aliphatic carbocycles. The zero-order valence-electron chi connectivity index (χ0n) is 18.8. The minimum absolute atomic E-state index is 0.129. The number of amides is 2. The van der Waals surface area contributed by atoms with E-state index in [4.69, 9.17) is 0 Å². The Labute approximate surface area is 193 Å². The number of aryl methyl sites for hydroxylation is 1. The van der Waals surface area contributed by atoms with Gasteiger partial charge in [0.05, 0.1) is 0 Å². The molecule has 2 amide bonds. The van der Waals surface area contributed by atoms with Crippen LogP contribution in [0.5, 0.6) is 0 Å². The van der Waals surface area contributed by atoms with Gasteiger partial charge in [0, 0.05) is 29.2 Å². The van der Waals surface area contributed by atoms with Crippen molar-refractivity contribution >= 4 is 17.5 Å². The van der Waals surface area contributed by atoms with Crippen LogP contribution in [-0.2, 0) is 0 Å². The molecule has 0 atom stereocenters. The van der Waals surface area contributed by atoms with E-state index in [0.717, 1.165) is 31.2 Å². The maximum Gasteiger partial charge on any atom is 0.267 e. The number of carbonyl (C=O) groups excluding carboxylic acids is 2. The molecule has 6 heteroatoms. The van der Waals surface area contributed by atoms with Gasteiger partial charge < -0.3 is 10.6 Å². The first-order valence-corrected chi connectivity index (χ1v) is 11.5. The monoisotopic (exact) mass is 443 g/mol. The van der Waals surface area contributed by atoms with Crippen LogP contribution in [-0.4, -0.2) is 22.4 Å². The highest BCUT2D eigenvalue weighted by atomic mass is 16.2. The Morgan fingerprint density at radius 2 is 1.48 bits per heavy atom. The average molecular weight is 444 g/mol. The minimum Gasteiger partial charge on any atom is -0.349 e. The molecule has 33 heavy (non-hydrogen) atoms. The van der Waals surface area contributed by atoms with Crippen molar-refractivity contribution in [2.75, 3.05) is 5.32 Å². The summed E-state index contributed by atoms with van der Waals surface area (Å²) < 4.78 is 1.45. The van der Waals surface area contributed by atoms with Gasteiger partial charge in [-0.05, 0) is 67.8 Å². The first kappa shape index (κ1) is 22.5. The summed E-state index contributed by atoms with van der Waals surface area (Å²) in [6.07, 6.45) is 8.18. The average Bonchev–Trinajstić information content (AvgIpc) is 3.09. The summed E-state index contributed by atoms with van der Waals surface area (Å²) in [5, 5.41) is 5.93. The number of carbonyl (C=O) groups is 2. The van der Waals surface area contributed by atoms with Crippen molar-refractivity contribution in [3.63, 3.8) is 0 Å². The third-order valence-corrected chi connectivity index (χ3v) is 6.18. The third-order valence-electron chi connectivity index (χ3n) is 6.18. The predicted molar refractivity (Wildman–Crippen MR) is 130 cm³/mol. The summed E-state index contributed by atoms with van der Waals surface area (Å²) in [6, 6.07) is 17.8. The van der Waals surface area contributed by atoms with Crippen molar-refractivity contribution in [2.24, 2.45) is 0 Å². The van der Waals surface area contributed by atoms with Crippen molar-refractivity contribution in [2.45, 2.75) is 51.5 Å². The van der Waals surface area contributed by atoms with E-state index in [-0.39, 0.29) is 29.0 Å². The van der Waals surface area contributed by atoms with Gasteiger partial charge in [-0.15, -0.1) is 0 Å². The van der Waals surface area contributed by atoms with E-state index >= 15 is 0 Å². The second-order valence-electron chi connectivity index (χ2n) is 8.57. The maximum atomic E-state index is 13.0. The molecule has 2 aromatic carbocycles. The first-order valence-electron chi connectivity index (χ1n) is 11.5. The molecule has 3 aromatic rings. The molecule has 4 rings (SSSR count). The third kappa shape index (κ3) is 5.40. The number of anilines is 1. The number of nitrogens with one attached hydrogen (secondary N) is 2. The van der Waals surface area contributed by atoms with Gasteiger partial charge in [-0.2, -0.15) is 0 Å². The molecule has 0 radical (unpaired) electrons. The van der Waals surface area contributed by atoms with Gasteiger partial charge in [-0.1, -0.05) is 43.9 Å². The molecule has 1 aliphatic rings. The first-order chi connectivity index (χ1) is 16.0. The van der Waals surface area contributed by atoms with Gasteiger partial charge >= 0.3 is 0 Å². The Balaban J connectivity index is 1.49. The van der Waals surface area contributed by atoms with Crippen LogP contribution in [0.25, 0.3) is 5.69 Å². The van der Waals surface area contributed by atoms with Crippen LogP contribution in [0, 0.1) is 6.92 Å². The van der Waals surface area contributed by atoms with E-state index in [0.29, 0.717) is 16.9 Å². The number of benzene rings is 2. The highest BCUT2D eigenvalue weighted by molar-refractivity contribution is 6.05. The summed E-state index contributed by atoms with van der Waals surface area (Å²) in [5.74, 6) is -0.501. The normalized spacial score (nSPS) is 14.3. The molecule has 0 aliphatic heterocycles. The maximum absolute atomic E-state index is 13.0. The second kappa shape index (κ2) is 10.3. The molecule has 1 saturated carbocycles. The molecule has 6 nitrogen and oxygen atoms in total. The molecule has 0 unspecified atom stereocenters. The topological polar surface area (TPSA) is 80.2 Å². The highest BCUT2D eigenvalue weighted by Gasteiger charge is 2.18. The van der Waals surface area contributed by atoms with Crippen LogP contribution >= 0.6 is 0 Å². The van der Waals surface area contributed by atoms with Crippen molar-refractivity contribution in [1.29, 1.82) is 0 Å². The number of hydrogen-bond acceptors (Lipinski definition) is 3. The lowest BCUT2D eigenvalue weighted by Crippen LogP contribution is -2.38. The summed E-state index contributed by atoms with van der Waals surface area (Å²) in [5.41, 5.74) is 2.54. The standard InChI is InChI=1S/C27H29N3O3/c1-19-9-6-7-12-23(19)25(31)29-21-14-16-22(17-15-21)30-18-8-13-24(27(30)33)26(32)28-20-10-4-2-3-5-11-20/h6-9,12-18,20H,2-5,10-11H2,1H3,(H,28,32)(H,29,31). The Hall–Kier alpha value is -3.67. The lowest BCUT2D eigenvalue weighted by atomic mass is 10.1. The lowest BCUT2D eigenvalue weighted by molar-refractivity contribution is 0.0930. The summed E-state index contributed by atoms with van der Waals surface area (Å²) in [6.45, 7) is 1.89. The van der Waals surface area contributed by atoms with Crippen LogP contribution in [0.3, 0.4) is 0 Å². The molecule has 1 heterocycles. The van der Waals surface area contributed by atoms with Crippen LogP contribution in [0.15, 0.2) is 71.7 Å². The van der Waals surface area contributed by atoms with Crippen LogP contribution in [0.2, 0.25) is 0 Å². The number of pyridine rings is 1. The Kier molecular flexibility index (Phi) is 7.03. The van der Waals surface area contributed by atoms with Crippen molar-refractivity contribution in [3.05, 3.63) is 93.9 Å². The number of rotatable bonds is 5. The molecule has 170 valence electrons. The van der Waals surface area contributed by atoms with E-state index in [1.54, 1.807) is 48.7 Å². The number of hydrogen-bond donors (Lipinski definition) is 2. The molecular weight excluding hydrogens is 414 g/mol. The SMILES string of the molecule is Cc1ccccc1C(=O)Nc1ccc(-n2cccc(C(=O)NC3CCCCCC3)c2=O)cc1. The summed E-state index contributed by atoms with van der Waals surface area (Å²) >= 11 is 0. The Bertz CT molecular complexity index is 1190. The molecule has 1 fully saturated rings. The molecule has 0 spiro atoms. The minimum atomic E-state index is -0.361. The van der Waals surface area contributed by atoms with E-state index in [1.165, 1.54) is 17.4 Å². The molecule has 0 bridgehead atoms. The van der Waals surface area contributed by atoms with Gasteiger partial charge in [-0.3, -0.25) is 19.0 Å². The smallest absolute Gasteiger partial charge is 0.267 e. The van der Waals surface area contributed by atoms with E-state index < -0.39 is 0 Å². The zero-order valence-corrected chi connectivity index (χ0v) is 18.8. The van der Waals surface area contributed by atoms with Crippen LogP contribution < -0.4 is 16.2 Å². The second-order valence-corrected chi connectivity index (χ2v) is 8.57. The Morgan fingerprint density at radius 1 is 0.818 bits per heavy atom. The van der Waals surface area contributed by atoms with E-state index in [1.807, 2.05) is 25.1 Å². The van der Waals surface area contributed by atoms with Crippen molar-refractivity contribution < 1.29 is 9.59 Å². The van der Waals surface area contributed by atoms with Crippen LogP contribution in [0.4, 0.5) is 5.69 Å². The van der Waals surface area contributed by atoms with E-state index in [2.05, 4.69) is 10.6 Å².